The monoisotopic (exact) mass is 363 g/mol. The molecule has 0 atom stereocenters. The third-order valence-corrected chi connectivity index (χ3v) is 5.98. The molecule has 2 amide bonds. The Hall–Kier alpha value is -1.59. The first-order valence-electron chi connectivity index (χ1n) is 9.06. The van der Waals surface area contributed by atoms with Crippen molar-refractivity contribution in [2.75, 3.05) is 26.2 Å². The third-order valence-electron chi connectivity index (χ3n) is 5.74. The van der Waals surface area contributed by atoms with E-state index >= 15 is 0 Å². The van der Waals surface area contributed by atoms with Gasteiger partial charge in [0.2, 0.25) is 11.8 Å². The predicted octanol–water partition coefficient (Wildman–Crippen LogP) is 2.08. The van der Waals surface area contributed by atoms with Crippen LogP contribution in [0.4, 0.5) is 0 Å². The van der Waals surface area contributed by atoms with Crippen molar-refractivity contribution < 1.29 is 9.59 Å². The molecule has 1 saturated carbocycles. The SMILES string of the molecule is NCC1(c2cccc(Cl)c2)CCC(C(=O)N2CCNC(=O)CC2)CC1. The van der Waals surface area contributed by atoms with E-state index in [-0.39, 0.29) is 23.1 Å². The van der Waals surface area contributed by atoms with Crippen LogP contribution in [0.5, 0.6) is 0 Å². The van der Waals surface area contributed by atoms with Gasteiger partial charge >= 0.3 is 0 Å². The van der Waals surface area contributed by atoms with Gasteiger partial charge in [0.05, 0.1) is 0 Å². The van der Waals surface area contributed by atoms with Crippen LogP contribution in [0.1, 0.15) is 37.7 Å². The largest absolute Gasteiger partial charge is 0.354 e. The molecule has 1 aliphatic carbocycles. The molecular formula is C19H26ClN3O2. The molecule has 1 saturated heterocycles. The number of hydrogen-bond donors (Lipinski definition) is 2. The average Bonchev–Trinajstić information content (AvgIpc) is 2.86. The van der Waals surface area contributed by atoms with Crippen molar-refractivity contribution in [3.63, 3.8) is 0 Å². The second kappa shape index (κ2) is 7.75. The van der Waals surface area contributed by atoms with Crippen LogP contribution in [0.2, 0.25) is 5.02 Å². The fraction of sp³-hybridized carbons (Fsp3) is 0.579. The van der Waals surface area contributed by atoms with Gasteiger partial charge in [-0.3, -0.25) is 9.59 Å². The van der Waals surface area contributed by atoms with Crippen LogP contribution in [0, 0.1) is 5.92 Å². The summed E-state index contributed by atoms with van der Waals surface area (Å²) >= 11 is 6.16. The fourth-order valence-corrected chi connectivity index (χ4v) is 4.28. The Morgan fingerprint density at radius 3 is 2.76 bits per heavy atom. The molecule has 2 fully saturated rings. The van der Waals surface area contributed by atoms with Gasteiger partial charge in [-0.2, -0.15) is 0 Å². The summed E-state index contributed by atoms with van der Waals surface area (Å²) in [6.45, 7) is 2.25. The van der Waals surface area contributed by atoms with E-state index < -0.39 is 0 Å². The van der Waals surface area contributed by atoms with Crippen molar-refractivity contribution >= 4 is 23.4 Å². The van der Waals surface area contributed by atoms with Crippen molar-refractivity contribution in [3.8, 4) is 0 Å². The van der Waals surface area contributed by atoms with E-state index in [1.54, 1.807) is 0 Å². The van der Waals surface area contributed by atoms with E-state index in [1.807, 2.05) is 23.1 Å². The van der Waals surface area contributed by atoms with E-state index in [0.29, 0.717) is 32.6 Å². The van der Waals surface area contributed by atoms with Gasteiger partial charge in [0.15, 0.2) is 0 Å². The van der Waals surface area contributed by atoms with Crippen LogP contribution in [0.25, 0.3) is 0 Å². The Kier molecular flexibility index (Phi) is 5.64. The Labute approximate surface area is 153 Å². The van der Waals surface area contributed by atoms with Crippen LogP contribution in [0.15, 0.2) is 24.3 Å². The number of nitrogens with zero attached hydrogens (tertiary/aromatic N) is 1. The number of halogens is 1. The summed E-state index contributed by atoms with van der Waals surface area (Å²) in [7, 11) is 0. The average molecular weight is 364 g/mol. The molecule has 0 unspecified atom stereocenters. The van der Waals surface area contributed by atoms with Gasteiger partial charge in [-0.05, 0) is 43.4 Å². The number of benzene rings is 1. The van der Waals surface area contributed by atoms with Crippen LogP contribution >= 0.6 is 11.6 Å². The van der Waals surface area contributed by atoms with Crippen molar-refractivity contribution in [2.45, 2.75) is 37.5 Å². The number of amides is 2. The summed E-state index contributed by atoms with van der Waals surface area (Å²) in [6, 6.07) is 7.93. The molecule has 136 valence electrons. The number of carbonyl (C=O) groups excluding carboxylic acids is 2. The second-order valence-corrected chi connectivity index (χ2v) is 7.63. The molecule has 0 spiro atoms. The molecule has 1 heterocycles. The van der Waals surface area contributed by atoms with Crippen molar-refractivity contribution in [2.24, 2.45) is 11.7 Å². The molecule has 0 bridgehead atoms. The number of carbonyl (C=O) groups is 2. The summed E-state index contributed by atoms with van der Waals surface area (Å²) < 4.78 is 0. The van der Waals surface area contributed by atoms with E-state index in [0.717, 1.165) is 30.7 Å². The van der Waals surface area contributed by atoms with Crippen molar-refractivity contribution in [1.82, 2.24) is 10.2 Å². The molecule has 3 rings (SSSR count). The highest BCUT2D eigenvalue weighted by atomic mass is 35.5. The topological polar surface area (TPSA) is 75.4 Å². The van der Waals surface area contributed by atoms with Gasteiger partial charge < -0.3 is 16.0 Å². The molecule has 1 aliphatic heterocycles. The number of hydrogen-bond acceptors (Lipinski definition) is 3. The lowest BCUT2D eigenvalue weighted by Crippen LogP contribution is -2.44. The molecule has 1 aromatic carbocycles. The second-order valence-electron chi connectivity index (χ2n) is 7.19. The smallest absolute Gasteiger partial charge is 0.225 e. The van der Waals surface area contributed by atoms with Gasteiger partial charge in [0.25, 0.3) is 0 Å². The van der Waals surface area contributed by atoms with E-state index in [9.17, 15) is 9.59 Å². The van der Waals surface area contributed by atoms with Crippen LogP contribution in [0.3, 0.4) is 0 Å². The normalized spacial score (nSPS) is 27.5. The van der Waals surface area contributed by atoms with Gasteiger partial charge in [0.1, 0.15) is 0 Å². The first kappa shape index (κ1) is 18.2. The van der Waals surface area contributed by atoms with E-state index in [4.69, 9.17) is 17.3 Å². The summed E-state index contributed by atoms with van der Waals surface area (Å²) in [5.41, 5.74) is 7.23. The predicted molar refractivity (Wildman–Crippen MR) is 98.3 cm³/mol. The number of nitrogens with two attached hydrogens (primary N) is 1. The van der Waals surface area contributed by atoms with Crippen molar-refractivity contribution in [3.05, 3.63) is 34.9 Å². The minimum Gasteiger partial charge on any atom is -0.354 e. The summed E-state index contributed by atoms with van der Waals surface area (Å²) in [4.78, 5) is 26.1. The molecule has 0 aromatic heterocycles. The third kappa shape index (κ3) is 3.98. The first-order chi connectivity index (χ1) is 12.0. The Morgan fingerprint density at radius 1 is 1.32 bits per heavy atom. The molecular weight excluding hydrogens is 338 g/mol. The lowest BCUT2D eigenvalue weighted by molar-refractivity contribution is -0.136. The summed E-state index contributed by atoms with van der Waals surface area (Å²) in [5, 5.41) is 3.55. The van der Waals surface area contributed by atoms with Gasteiger partial charge in [0, 0.05) is 49.0 Å². The Balaban J connectivity index is 1.66. The minimum atomic E-state index is -0.0853. The van der Waals surface area contributed by atoms with Gasteiger partial charge in [-0.25, -0.2) is 0 Å². The van der Waals surface area contributed by atoms with Crippen LogP contribution in [-0.4, -0.2) is 42.9 Å². The zero-order chi connectivity index (χ0) is 17.9. The highest BCUT2D eigenvalue weighted by Crippen LogP contribution is 2.42. The lowest BCUT2D eigenvalue weighted by Gasteiger charge is -2.40. The maximum Gasteiger partial charge on any atom is 0.225 e. The van der Waals surface area contributed by atoms with Crippen LogP contribution < -0.4 is 11.1 Å². The van der Waals surface area contributed by atoms with Gasteiger partial charge in [-0.1, -0.05) is 23.7 Å². The standard InChI is InChI=1S/C19H26ClN3O2/c20-16-3-1-2-15(12-16)19(13-21)7-4-14(5-8-19)18(25)23-10-6-17(24)22-9-11-23/h1-3,12,14H,4-11,13,21H2,(H,22,24). The lowest BCUT2D eigenvalue weighted by atomic mass is 9.66. The number of nitrogens with one attached hydrogen (secondary N) is 1. The van der Waals surface area contributed by atoms with Gasteiger partial charge in [-0.15, -0.1) is 0 Å². The van der Waals surface area contributed by atoms with E-state index in [2.05, 4.69) is 11.4 Å². The Bertz CT molecular complexity index is 641. The molecule has 2 aliphatic rings. The molecule has 0 radical (unpaired) electrons. The fourth-order valence-electron chi connectivity index (χ4n) is 4.09. The van der Waals surface area contributed by atoms with Crippen molar-refractivity contribution in [1.29, 1.82) is 0 Å². The maximum atomic E-state index is 12.8. The minimum absolute atomic E-state index is 0.0297. The molecule has 25 heavy (non-hydrogen) atoms. The number of rotatable bonds is 3. The highest BCUT2D eigenvalue weighted by molar-refractivity contribution is 6.30. The first-order valence-corrected chi connectivity index (χ1v) is 9.43. The summed E-state index contributed by atoms with van der Waals surface area (Å²) in [6.07, 6.45) is 3.85. The Morgan fingerprint density at radius 2 is 2.08 bits per heavy atom. The van der Waals surface area contributed by atoms with Crippen LogP contribution in [-0.2, 0) is 15.0 Å². The molecule has 6 heteroatoms. The zero-order valence-electron chi connectivity index (χ0n) is 14.5. The van der Waals surface area contributed by atoms with E-state index in [1.165, 1.54) is 5.56 Å². The quantitative estimate of drug-likeness (QED) is 0.863. The summed E-state index contributed by atoms with van der Waals surface area (Å²) in [5.74, 6) is 0.252. The molecule has 5 nitrogen and oxygen atoms in total. The molecule has 3 N–H and O–H groups in total. The molecule has 1 aromatic rings. The maximum absolute atomic E-state index is 12.8. The highest BCUT2D eigenvalue weighted by Gasteiger charge is 2.39. The zero-order valence-corrected chi connectivity index (χ0v) is 15.2.